The highest BCUT2D eigenvalue weighted by molar-refractivity contribution is 7.22. The maximum atomic E-state index is 12.5. The minimum atomic E-state index is -0.170. The van der Waals surface area contributed by atoms with Crippen LogP contribution in [0, 0.1) is 5.92 Å². The number of hydrogen-bond acceptors (Lipinski definition) is 6. The number of thiazole rings is 1. The first-order chi connectivity index (χ1) is 12.6. The molecule has 3 heterocycles. The topological polar surface area (TPSA) is 91.0 Å². The number of fused-ring (bicyclic) bond motifs is 1. The summed E-state index contributed by atoms with van der Waals surface area (Å²) in [5.41, 5.74) is 1.05. The standard InChI is InChI=1S/C17H16ClN5O2S/c18-11-1-3-12(4-2-11)21-15(24)10-5-7-23(8-6-10)17-22-14-13(26-17)16(25)20-9-19-14/h1-4,9-10H,5-8H2,(H,21,24)(H,19,20,25). The zero-order valence-electron chi connectivity index (χ0n) is 13.7. The van der Waals surface area contributed by atoms with E-state index in [9.17, 15) is 9.59 Å². The van der Waals surface area contributed by atoms with E-state index in [1.807, 2.05) is 0 Å². The van der Waals surface area contributed by atoms with Gasteiger partial charge in [-0.15, -0.1) is 0 Å². The van der Waals surface area contributed by atoms with Crippen LogP contribution in [0.25, 0.3) is 10.3 Å². The van der Waals surface area contributed by atoms with Crippen molar-refractivity contribution in [1.82, 2.24) is 15.0 Å². The number of aromatic nitrogens is 3. The van der Waals surface area contributed by atoms with E-state index in [4.69, 9.17) is 11.6 Å². The zero-order valence-corrected chi connectivity index (χ0v) is 15.3. The molecular formula is C17H16ClN5O2S. The first-order valence-corrected chi connectivity index (χ1v) is 9.45. The molecule has 0 radical (unpaired) electrons. The summed E-state index contributed by atoms with van der Waals surface area (Å²) in [6, 6.07) is 7.09. The Labute approximate surface area is 158 Å². The number of nitrogens with zero attached hydrogens (tertiary/aromatic N) is 3. The van der Waals surface area contributed by atoms with Crippen LogP contribution in [0.1, 0.15) is 12.8 Å². The molecule has 1 amide bonds. The number of hydrogen-bond donors (Lipinski definition) is 2. The minimum Gasteiger partial charge on any atom is -0.348 e. The van der Waals surface area contributed by atoms with Gasteiger partial charge in [0.1, 0.15) is 4.70 Å². The number of aromatic amines is 1. The van der Waals surface area contributed by atoms with Crippen molar-refractivity contribution in [3.63, 3.8) is 0 Å². The third-order valence-corrected chi connectivity index (χ3v) is 5.79. The van der Waals surface area contributed by atoms with Crippen LogP contribution in [0.5, 0.6) is 0 Å². The van der Waals surface area contributed by atoms with E-state index >= 15 is 0 Å². The van der Waals surface area contributed by atoms with Gasteiger partial charge < -0.3 is 15.2 Å². The fourth-order valence-corrected chi connectivity index (χ4v) is 4.09. The molecule has 4 rings (SSSR count). The average molecular weight is 390 g/mol. The van der Waals surface area contributed by atoms with Gasteiger partial charge in [-0.1, -0.05) is 22.9 Å². The van der Waals surface area contributed by atoms with Crippen LogP contribution in [0.3, 0.4) is 0 Å². The normalized spacial score (nSPS) is 15.3. The summed E-state index contributed by atoms with van der Waals surface area (Å²) in [5, 5.41) is 4.36. The number of carbonyl (C=O) groups excluding carboxylic acids is 1. The summed E-state index contributed by atoms with van der Waals surface area (Å²) < 4.78 is 0.533. The van der Waals surface area contributed by atoms with Crippen molar-refractivity contribution in [2.24, 2.45) is 5.92 Å². The van der Waals surface area contributed by atoms with Gasteiger partial charge in [-0.2, -0.15) is 4.98 Å². The second kappa shape index (κ2) is 7.05. The SMILES string of the molecule is O=C(Nc1ccc(Cl)cc1)C1CCN(c2nc3nc[nH]c(=O)c3s2)CC1. The van der Waals surface area contributed by atoms with Crippen molar-refractivity contribution < 1.29 is 4.79 Å². The molecule has 0 saturated carbocycles. The number of carbonyl (C=O) groups is 1. The van der Waals surface area contributed by atoms with Crippen molar-refractivity contribution in [3.05, 3.63) is 46.0 Å². The Morgan fingerprint density at radius 1 is 1.27 bits per heavy atom. The predicted octanol–water partition coefficient (Wildman–Crippen LogP) is 2.89. The van der Waals surface area contributed by atoms with Crippen molar-refractivity contribution in [1.29, 1.82) is 0 Å². The van der Waals surface area contributed by atoms with Gasteiger partial charge >= 0.3 is 0 Å². The fraction of sp³-hybridized carbons (Fsp3) is 0.294. The van der Waals surface area contributed by atoms with Gasteiger partial charge in [-0.25, -0.2) is 4.98 Å². The first-order valence-electron chi connectivity index (χ1n) is 8.26. The summed E-state index contributed by atoms with van der Waals surface area (Å²) in [6.07, 6.45) is 2.83. The molecule has 1 aliphatic heterocycles. The lowest BCUT2D eigenvalue weighted by Gasteiger charge is -2.30. The van der Waals surface area contributed by atoms with Crippen LogP contribution in [-0.4, -0.2) is 33.9 Å². The highest BCUT2D eigenvalue weighted by atomic mass is 35.5. The zero-order chi connectivity index (χ0) is 18.1. The van der Waals surface area contributed by atoms with E-state index in [2.05, 4.69) is 25.2 Å². The van der Waals surface area contributed by atoms with Crippen molar-refractivity contribution in [3.8, 4) is 0 Å². The molecule has 2 aromatic heterocycles. The van der Waals surface area contributed by atoms with Gasteiger partial charge in [0.15, 0.2) is 10.8 Å². The third-order valence-electron chi connectivity index (χ3n) is 4.43. The molecule has 26 heavy (non-hydrogen) atoms. The largest absolute Gasteiger partial charge is 0.348 e. The lowest BCUT2D eigenvalue weighted by atomic mass is 9.96. The van der Waals surface area contributed by atoms with Crippen LogP contribution < -0.4 is 15.8 Å². The number of anilines is 2. The van der Waals surface area contributed by atoms with Crippen molar-refractivity contribution >= 4 is 50.0 Å². The van der Waals surface area contributed by atoms with Gasteiger partial charge in [0.25, 0.3) is 5.56 Å². The van der Waals surface area contributed by atoms with Gasteiger partial charge in [-0.05, 0) is 37.1 Å². The molecule has 0 spiro atoms. The monoisotopic (exact) mass is 389 g/mol. The number of rotatable bonds is 3. The van der Waals surface area contributed by atoms with Crippen LogP contribution in [0.2, 0.25) is 5.02 Å². The van der Waals surface area contributed by atoms with Crippen LogP contribution in [0.4, 0.5) is 10.8 Å². The molecule has 134 valence electrons. The number of piperidine rings is 1. The van der Waals surface area contributed by atoms with E-state index < -0.39 is 0 Å². The Morgan fingerprint density at radius 2 is 2.00 bits per heavy atom. The lowest BCUT2D eigenvalue weighted by molar-refractivity contribution is -0.120. The average Bonchev–Trinajstić information content (AvgIpc) is 3.09. The smallest absolute Gasteiger partial charge is 0.270 e. The van der Waals surface area contributed by atoms with Gasteiger partial charge in [0.05, 0.1) is 6.33 Å². The Bertz CT molecular complexity index is 992. The van der Waals surface area contributed by atoms with E-state index in [0.29, 0.717) is 15.4 Å². The molecule has 0 aliphatic carbocycles. The molecule has 1 saturated heterocycles. The lowest BCUT2D eigenvalue weighted by Crippen LogP contribution is -2.38. The molecule has 7 nitrogen and oxygen atoms in total. The predicted molar refractivity (Wildman–Crippen MR) is 103 cm³/mol. The summed E-state index contributed by atoms with van der Waals surface area (Å²) in [4.78, 5) is 37.5. The molecule has 0 unspecified atom stereocenters. The summed E-state index contributed by atoms with van der Waals surface area (Å²) in [6.45, 7) is 1.44. The van der Waals surface area contributed by atoms with E-state index in [0.717, 1.165) is 36.8 Å². The molecule has 1 fully saturated rings. The number of amides is 1. The van der Waals surface area contributed by atoms with Gasteiger partial charge in [0.2, 0.25) is 5.91 Å². The maximum Gasteiger partial charge on any atom is 0.270 e. The molecule has 0 bridgehead atoms. The highest BCUT2D eigenvalue weighted by Crippen LogP contribution is 2.29. The Balaban J connectivity index is 1.40. The Kier molecular flexibility index (Phi) is 4.60. The van der Waals surface area contributed by atoms with Gasteiger partial charge in [-0.3, -0.25) is 9.59 Å². The van der Waals surface area contributed by atoms with Gasteiger partial charge in [0, 0.05) is 29.7 Å². The molecule has 1 aromatic carbocycles. The van der Waals surface area contributed by atoms with E-state index in [-0.39, 0.29) is 17.4 Å². The molecule has 0 atom stereocenters. The Morgan fingerprint density at radius 3 is 2.69 bits per heavy atom. The maximum absolute atomic E-state index is 12.5. The summed E-state index contributed by atoms with van der Waals surface area (Å²) in [5.74, 6) is -0.0211. The molecule has 1 aliphatic rings. The summed E-state index contributed by atoms with van der Waals surface area (Å²) in [7, 11) is 0. The molecular weight excluding hydrogens is 374 g/mol. The first kappa shape index (κ1) is 17.0. The number of nitrogens with one attached hydrogen (secondary N) is 2. The third kappa shape index (κ3) is 3.42. The number of halogens is 1. The Hall–Kier alpha value is -2.45. The fourth-order valence-electron chi connectivity index (χ4n) is 3.00. The summed E-state index contributed by atoms with van der Waals surface area (Å²) >= 11 is 7.20. The molecule has 2 N–H and O–H groups in total. The van der Waals surface area contributed by atoms with E-state index in [1.54, 1.807) is 24.3 Å². The second-order valence-corrected chi connectivity index (χ2v) is 7.55. The van der Waals surface area contributed by atoms with Crippen molar-refractivity contribution in [2.75, 3.05) is 23.3 Å². The second-order valence-electron chi connectivity index (χ2n) is 6.14. The molecule has 3 aromatic rings. The molecule has 9 heteroatoms. The number of benzene rings is 1. The van der Waals surface area contributed by atoms with Crippen molar-refractivity contribution in [2.45, 2.75) is 12.8 Å². The highest BCUT2D eigenvalue weighted by Gasteiger charge is 2.27. The van der Waals surface area contributed by atoms with Crippen LogP contribution in [0.15, 0.2) is 35.4 Å². The van der Waals surface area contributed by atoms with Crippen LogP contribution >= 0.6 is 22.9 Å². The van der Waals surface area contributed by atoms with Crippen LogP contribution in [-0.2, 0) is 4.79 Å². The quantitative estimate of drug-likeness (QED) is 0.718. The number of H-pyrrole nitrogens is 1. The minimum absolute atomic E-state index is 0.0226. The van der Waals surface area contributed by atoms with E-state index in [1.165, 1.54) is 17.7 Å².